The molecule has 0 saturated carbocycles. The van der Waals surface area contributed by atoms with E-state index >= 15 is 0 Å². The molecule has 35 heavy (non-hydrogen) atoms. The third-order valence-corrected chi connectivity index (χ3v) is 5.80. The fraction of sp³-hybridized carbons (Fsp3) is 0.462. The summed E-state index contributed by atoms with van der Waals surface area (Å²) < 4.78 is 49.2. The van der Waals surface area contributed by atoms with Gasteiger partial charge in [0, 0.05) is 19.8 Å². The molecule has 0 bridgehead atoms. The van der Waals surface area contributed by atoms with E-state index in [2.05, 4.69) is 10.5 Å². The number of benzene rings is 2. The van der Waals surface area contributed by atoms with Crippen LogP contribution in [0.5, 0.6) is 5.75 Å². The van der Waals surface area contributed by atoms with Crippen LogP contribution in [0.25, 0.3) is 0 Å². The number of rotatable bonds is 9. The van der Waals surface area contributed by atoms with Crippen LogP contribution in [0.3, 0.4) is 0 Å². The molecule has 3 rings (SSSR count). The molecule has 1 heterocycles. The number of carbonyl (C=O) groups is 1. The van der Waals surface area contributed by atoms with E-state index in [0.717, 1.165) is 43.8 Å². The molecule has 2 aromatic carbocycles. The van der Waals surface area contributed by atoms with Crippen molar-refractivity contribution in [3.8, 4) is 5.75 Å². The van der Waals surface area contributed by atoms with Gasteiger partial charge >= 0.3 is 6.18 Å². The van der Waals surface area contributed by atoms with E-state index in [-0.39, 0.29) is 12.5 Å². The average molecular weight is 493 g/mol. The number of ether oxygens (including phenoxy) is 2. The normalized spacial score (nSPS) is 15.5. The molecule has 0 aromatic heterocycles. The Morgan fingerprint density at radius 1 is 1.06 bits per heavy atom. The van der Waals surface area contributed by atoms with Crippen LogP contribution in [0, 0.1) is 5.92 Å². The summed E-state index contributed by atoms with van der Waals surface area (Å²) in [6, 6.07) is 11.8. The largest absolute Gasteiger partial charge is 0.478 e. The summed E-state index contributed by atoms with van der Waals surface area (Å²) in [5.41, 5.74) is 0.211. The van der Waals surface area contributed by atoms with E-state index in [1.54, 1.807) is 45.0 Å². The van der Waals surface area contributed by atoms with E-state index in [4.69, 9.17) is 14.3 Å². The zero-order valence-electron chi connectivity index (χ0n) is 20.2. The van der Waals surface area contributed by atoms with Crippen LogP contribution in [0.4, 0.5) is 13.2 Å². The second-order valence-electron chi connectivity index (χ2n) is 9.05. The third kappa shape index (κ3) is 7.99. The third-order valence-electron chi connectivity index (χ3n) is 5.80. The molecule has 1 aliphatic rings. The van der Waals surface area contributed by atoms with E-state index in [1.165, 1.54) is 12.1 Å². The van der Waals surface area contributed by atoms with Crippen molar-refractivity contribution in [1.29, 1.82) is 0 Å². The molecule has 0 radical (unpaired) electrons. The molecule has 1 amide bonds. The van der Waals surface area contributed by atoms with Crippen molar-refractivity contribution in [2.24, 2.45) is 11.1 Å². The van der Waals surface area contributed by atoms with Crippen LogP contribution in [0.15, 0.2) is 53.7 Å². The summed E-state index contributed by atoms with van der Waals surface area (Å²) in [4.78, 5) is 17.9. The van der Waals surface area contributed by atoms with Crippen LogP contribution >= 0.6 is 0 Å². The lowest BCUT2D eigenvalue weighted by Crippen LogP contribution is -2.48. The van der Waals surface area contributed by atoms with Crippen molar-refractivity contribution in [2.75, 3.05) is 19.8 Å². The first-order valence-corrected chi connectivity index (χ1v) is 11.5. The smallest absolute Gasteiger partial charge is 0.416 e. The van der Waals surface area contributed by atoms with Crippen molar-refractivity contribution >= 4 is 11.6 Å². The Labute approximate surface area is 203 Å². The van der Waals surface area contributed by atoms with Gasteiger partial charge in [0.05, 0.1) is 11.3 Å². The summed E-state index contributed by atoms with van der Waals surface area (Å²) >= 11 is 0. The zero-order chi connectivity index (χ0) is 25.5. The highest BCUT2D eigenvalue weighted by Crippen LogP contribution is 2.29. The van der Waals surface area contributed by atoms with Gasteiger partial charge in [0.1, 0.15) is 12.4 Å². The van der Waals surface area contributed by atoms with Gasteiger partial charge in [0.2, 0.25) is 0 Å². The van der Waals surface area contributed by atoms with Gasteiger partial charge in [-0.25, -0.2) is 0 Å². The summed E-state index contributed by atoms with van der Waals surface area (Å²) in [7, 11) is 0. The minimum Gasteiger partial charge on any atom is -0.478 e. The SMILES string of the molecule is C/C(=N\OCc1ccc(C(F)(F)F)cc1)c1ccc(OC(C)(C)C(=O)NCC2CCOCC2)cc1. The maximum Gasteiger partial charge on any atom is 0.416 e. The quantitative estimate of drug-likeness (QED) is 0.379. The lowest BCUT2D eigenvalue weighted by molar-refractivity contribution is -0.137. The molecule has 0 unspecified atom stereocenters. The van der Waals surface area contributed by atoms with Crippen molar-refractivity contribution in [2.45, 2.75) is 52.0 Å². The second kappa shape index (κ2) is 11.6. The van der Waals surface area contributed by atoms with E-state index in [1.807, 2.05) is 0 Å². The number of hydrogen-bond acceptors (Lipinski definition) is 5. The van der Waals surface area contributed by atoms with Crippen LogP contribution in [-0.4, -0.2) is 37.0 Å². The molecular formula is C26H31F3N2O4. The number of amides is 1. The number of halogens is 3. The van der Waals surface area contributed by atoms with Gasteiger partial charge in [-0.05, 0) is 87.1 Å². The summed E-state index contributed by atoms with van der Waals surface area (Å²) in [6.07, 6.45) is -2.48. The van der Waals surface area contributed by atoms with Crippen molar-refractivity contribution in [3.63, 3.8) is 0 Å². The lowest BCUT2D eigenvalue weighted by atomic mass is 10.00. The molecule has 1 aliphatic heterocycles. The predicted molar refractivity (Wildman–Crippen MR) is 126 cm³/mol. The van der Waals surface area contributed by atoms with Crippen molar-refractivity contribution in [3.05, 3.63) is 65.2 Å². The highest BCUT2D eigenvalue weighted by molar-refractivity contribution is 5.98. The Balaban J connectivity index is 1.49. The number of oxime groups is 1. The lowest BCUT2D eigenvalue weighted by Gasteiger charge is -2.28. The Kier molecular flexibility index (Phi) is 8.77. The second-order valence-corrected chi connectivity index (χ2v) is 9.05. The number of carbonyl (C=O) groups excluding carboxylic acids is 1. The molecule has 9 heteroatoms. The van der Waals surface area contributed by atoms with Crippen LogP contribution in [-0.2, 0) is 27.2 Å². The van der Waals surface area contributed by atoms with Gasteiger partial charge in [-0.3, -0.25) is 4.79 Å². The fourth-order valence-electron chi connectivity index (χ4n) is 3.55. The highest BCUT2D eigenvalue weighted by Gasteiger charge is 2.31. The molecular weight excluding hydrogens is 461 g/mol. The van der Waals surface area contributed by atoms with E-state index < -0.39 is 17.3 Å². The molecule has 1 N–H and O–H groups in total. The number of nitrogens with zero attached hydrogens (tertiary/aromatic N) is 1. The van der Waals surface area contributed by atoms with E-state index in [0.29, 0.717) is 29.5 Å². The van der Waals surface area contributed by atoms with Gasteiger partial charge in [-0.1, -0.05) is 17.3 Å². The molecule has 2 aromatic rings. The Morgan fingerprint density at radius 2 is 1.69 bits per heavy atom. The summed E-state index contributed by atoms with van der Waals surface area (Å²) in [6.45, 7) is 7.33. The standard InChI is InChI=1S/C26H31F3N2O4/c1-18(31-34-17-20-4-8-22(9-5-20)26(27,28)29)21-6-10-23(11-7-21)35-25(2,3)24(32)30-16-19-12-14-33-15-13-19/h4-11,19H,12-17H2,1-3H3,(H,30,32)/b31-18+. The van der Waals surface area contributed by atoms with Gasteiger partial charge < -0.3 is 19.6 Å². The number of nitrogens with one attached hydrogen (secondary N) is 1. The first-order valence-electron chi connectivity index (χ1n) is 11.5. The molecule has 1 saturated heterocycles. The maximum absolute atomic E-state index is 12.6. The number of alkyl halides is 3. The molecule has 0 atom stereocenters. The molecule has 6 nitrogen and oxygen atoms in total. The zero-order valence-corrected chi connectivity index (χ0v) is 20.2. The Bertz CT molecular complexity index is 997. The Hall–Kier alpha value is -3.07. The van der Waals surface area contributed by atoms with Gasteiger partial charge in [-0.15, -0.1) is 0 Å². The van der Waals surface area contributed by atoms with Gasteiger partial charge in [0.25, 0.3) is 5.91 Å². The number of hydrogen-bond donors (Lipinski definition) is 1. The van der Waals surface area contributed by atoms with Gasteiger partial charge in [0.15, 0.2) is 5.60 Å². The fourth-order valence-corrected chi connectivity index (χ4v) is 3.55. The van der Waals surface area contributed by atoms with Crippen molar-refractivity contribution < 1.29 is 32.3 Å². The van der Waals surface area contributed by atoms with Crippen LogP contribution in [0.2, 0.25) is 0 Å². The van der Waals surface area contributed by atoms with E-state index in [9.17, 15) is 18.0 Å². The Morgan fingerprint density at radius 3 is 2.29 bits per heavy atom. The van der Waals surface area contributed by atoms with Crippen LogP contribution in [0.1, 0.15) is 50.3 Å². The molecule has 0 spiro atoms. The highest BCUT2D eigenvalue weighted by atomic mass is 19.4. The average Bonchev–Trinajstić information content (AvgIpc) is 2.83. The predicted octanol–water partition coefficient (Wildman–Crippen LogP) is 5.35. The topological polar surface area (TPSA) is 69.2 Å². The molecule has 0 aliphatic carbocycles. The summed E-state index contributed by atoms with van der Waals surface area (Å²) in [5.74, 6) is 0.785. The molecule has 190 valence electrons. The first kappa shape index (κ1) is 26.5. The van der Waals surface area contributed by atoms with Crippen molar-refractivity contribution in [1.82, 2.24) is 5.32 Å². The van der Waals surface area contributed by atoms with Gasteiger partial charge in [-0.2, -0.15) is 13.2 Å². The first-order chi connectivity index (χ1) is 16.5. The maximum atomic E-state index is 12.6. The minimum absolute atomic E-state index is 0.0495. The molecule has 1 fully saturated rings. The van der Waals surface area contributed by atoms with Crippen LogP contribution < -0.4 is 10.1 Å². The summed E-state index contributed by atoms with van der Waals surface area (Å²) in [5, 5.41) is 7.02. The minimum atomic E-state index is -4.37. The monoisotopic (exact) mass is 492 g/mol.